The lowest BCUT2D eigenvalue weighted by atomic mass is 10.3. The number of benzene rings is 2. The van der Waals surface area contributed by atoms with Crippen LogP contribution in [-0.4, -0.2) is 33.2 Å². The number of ether oxygens (including phenoxy) is 2. The van der Waals surface area contributed by atoms with Gasteiger partial charge in [0.2, 0.25) is 17.8 Å². The molecule has 3 aromatic rings. The van der Waals surface area contributed by atoms with Crippen molar-refractivity contribution in [2.45, 2.75) is 12.1 Å². The summed E-state index contributed by atoms with van der Waals surface area (Å²) >= 11 is 1.12. The lowest BCUT2D eigenvalue weighted by Crippen LogP contribution is -2.14. The minimum atomic E-state index is -0.215. The fraction of sp³-hybridized carbons (Fsp3) is 0.158. The molecule has 0 radical (unpaired) electrons. The third-order valence-electron chi connectivity index (χ3n) is 3.49. The van der Waals surface area contributed by atoms with Crippen molar-refractivity contribution in [2.75, 3.05) is 29.1 Å². The fourth-order valence-corrected chi connectivity index (χ4v) is 2.94. The van der Waals surface area contributed by atoms with Crippen molar-refractivity contribution in [1.29, 1.82) is 0 Å². The van der Waals surface area contributed by atoms with Crippen LogP contribution in [0.25, 0.3) is 0 Å². The van der Waals surface area contributed by atoms with Crippen LogP contribution in [-0.2, 0) is 4.79 Å². The minimum absolute atomic E-state index is 0.0172. The van der Waals surface area contributed by atoms with Gasteiger partial charge < -0.3 is 26.3 Å². The highest BCUT2D eigenvalue weighted by Gasteiger charge is 2.08. The van der Waals surface area contributed by atoms with Crippen LogP contribution in [0.15, 0.2) is 53.7 Å². The third kappa shape index (κ3) is 6.25. The molecule has 1 amide bonds. The number of nitrogen functional groups attached to an aromatic ring is 2. The van der Waals surface area contributed by atoms with E-state index < -0.39 is 0 Å². The van der Waals surface area contributed by atoms with E-state index in [1.807, 2.05) is 31.2 Å². The molecule has 0 fully saturated rings. The molecule has 10 heteroatoms. The van der Waals surface area contributed by atoms with E-state index in [-0.39, 0.29) is 23.6 Å². The highest BCUT2D eigenvalue weighted by Crippen LogP contribution is 2.25. The summed E-state index contributed by atoms with van der Waals surface area (Å²) in [6.07, 6.45) is 0. The van der Waals surface area contributed by atoms with E-state index in [1.54, 1.807) is 24.3 Å². The smallest absolute Gasteiger partial charge is 0.234 e. The maximum absolute atomic E-state index is 12.1. The van der Waals surface area contributed by atoms with Crippen LogP contribution < -0.4 is 26.3 Å². The Morgan fingerprint density at radius 2 is 1.48 bits per heavy atom. The molecule has 3 rings (SSSR count). The predicted molar refractivity (Wildman–Crippen MR) is 112 cm³/mol. The summed E-state index contributed by atoms with van der Waals surface area (Å²) in [5, 5.41) is 3.08. The number of anilines is 3. The van der Waals surface area contributed by atoms with Crippen molar-refractivity contribution in [3.8, 4) is 17.2 Å². The second kappa shape index (κ2) is 9.60. The number of carbonyl (C=O) groups is 1. The number of amides is 1. The molecule has 1 aromatic heterocycles. The highest BCUT2D eigenvalue weighted by molar-refractivity contribution is 7.99. The van der Waals surface area contributed by atoms with Crippen molar-refractivity contribution in [3.63, 3.8) is 0 Å². The van der Waals surface area contributed by atoms with Gasteiger partial charge in [0.15, 0.2) is 5.16 Å². The Morgan fingerprint density at radius 1 is 0.931 bits per heavy atom. The van der Waals surface area contributed by atoms with Gasteiger partial charge in [0.25, 0.3) is 0 Å². The third-order valence-corrected chi connectivity index (χ3v) is 4.34. The molecule has 29 heavy (non-hydrogen) atoms. The van der Waals surface area contributed by atoms with Gasteiger partial charge in [0, 0.05) is 5.69 Å². The molecule has 1 heterocycles. The monoisotopic (exact) mass is 412 g/mol. The van der Waals surface area contributed by atoms with Crippen LogP contribution in [0.5, 0.6) is 17.2 Å². The van der Waals surface area contributed by atoms with Gasteiger partial charge in [-0.1, -0.05) is 11.8 Å². The topological polar surface area (TPSA) is 138 Å². The number of nitrogens with two attached hydrogens (primary N) is 2. The van der Waals surface area contributed by atoms with Crippen LogP contribution in [0.3, 0.4) is 0 Å². The molecular weight excluding hydrogens is 392 g/mol. The second-order valence-electron chi connectivity index (χ2n) is 5.70. The van der Waals surface area contributed by atoms with Gasteiger partial charge in [-0.25, -0.2) is 0 Å². The van der Waals surface area contributed by atoms with E-state index in [2.05, 4.69) is 20.3 Å². The first kappa shape index (κ1) is 20.2. The number of nitrogens with one attached hydrogen (secondary N) is 1. The van der Waals surface area contributed by atoms with Crippen LogP contribution >= 0.6 is 11.8 Å². The van der Waals surface area contributed by atoms with Gasteiger partial charge >= 0.3 is 0 Å². The number of carbonyl (C=O) groups excluding carboxylic acids is 1. The molecule has 0 saturated heterocycles. The Morgan fingerprint density at radius 3 is 2.07 bits per heavy atom. The van der Waals surface area contributed by atoms with E-state index in [4.69, 9.17) is 20.9 Å². The maximum Gasteiger partial charge on any atom is 0.234 e. The molecule has 0 aliphatic carbocycles. The molecule has 9 nitrogen and oxygen atoms in total. The molecule has 0 aliphatic heterocycles. The zero-order valence-electron chi connectivity index (χ0n) is 15.7. The standard InChI is InChI=1S/C19H20N6O3S/c1-2-27-13-7-9-15(10-8-13)28-14-5-3-12(4-6-14)22-16(26)11-29-19-24-17(20)23-18(21)25-19/h3-10H,2,11H2,1H3,(H,22,26)(H4,20,21,23,24,25). The summed E-state index contributed by atoms with van der Waals surface area (Å²) in [6.45, 7) is 2.55. The van der Waals surface area contributed by atoms with Gasteiger partial charge in [-0.3, -0.25) is 4.79 Å². The quantitative estimate of drug-likeness (QED) is 0.477. The average Bonchev–Trinajstić information content (AvgIpc) is 2.69. The second-order valence-corrected chi connectivity index (χ2v) is 6.64. The molecule has 2 aromatic carbocycles. The Kier molecular flexibility index (Phi) is 6.69. The van der Waals surface area contributed by atoms with E-state index in [0.29, 0.717) is 28.9 Å². The van der Waals surface area contributed by atoms with Gasteiger partial charge in [-0.15, -0.1) is 0 Å². The van der Waals surface area contributed by atoms with Crippen LogP contribution in [0, 0.1) is 0 Å². The van der Waals surface area contributed by atoms with Gasteiger partial charge in [0.1, 0.15) is 17.2 Å². The van der Waals surface area contributed by atoms with E-state index in [1.165, 1.54) is 0 Å². The molecule has 0 bridgehead atoms. The molecule has 0 spiro atoms. The Bertz CT molecular complexity index is 946. The van der Waals surface area contributed by atoms with E-state index >= 15 is 0 Å². The van der Waals surface area contributed by atoms with Crippen LogP contribution in [0.4, 0.5) is 17.6 Å². The lowest BCUT2D eigenvalue weighted by Gasteiger charge is -2.09. The number of hydrogen-bond acceptors (Lipinski definition) is 9. The van der Waals surface area contributed by atoms with Gasteiger partial charge in [0.05, 0.1) is 12.4 Å². The molecule has 0 aliphatic rings. The minimum Gasteiger partial charge on any atom is -0.494 e. The number of aromatic nitrogens is 3. The first-order chi connectivity index (χ1) is 14.0. The van der Waals surface area contributed by atoms with Crippen LogP contribution in [0.1, 0.15) is 6.92 Å². The predicted octanol–water partition coefficient (Wildman–Crippen LogP) is 2.96. The average molecular weight is 412 g/mol. The fourth-order valence-electron chi connectivity index (χ4n) is 2.29. The summed E-state index contributed by atoms with van der Waals surface area (Å²) in [7, 11) is 0. The van der Waals surface area contributed by atoms with Gasteiger partial charge in [-0.2, -0.15) is 15.0 Å². The Labute approximate surface area is 171 Å². The largest absolute Gasteiger partial charge is 0.494 e. The highest BCUT2D eigenvalue weighted by atomic mass is 32.2. The van der Waals surface area contributed by atoms with Gasteiger partial charge in [-0.05, 0) is 55.5 Å². The van der Waals surface area contributed by atoms with Crippen molar-refractivity contribution in [2.24, 2.45) is 0 Å². The molecular formula is C19H20N6O3S. The van der Waals surface area contributed by atoms with Crippen molar-refractivity contribution >= 4 is 35.3 Å². The zero-order valence-corrected chi connectivity index (χ0v) is 16.5. The lowest BCUT2D eigenvalue weighted by molar-refractivity contribution is -0.113. The van der Waals surface area contributed by atoms with Crippen LogP contribution in [0.2, 0.25) is 0 Å². The molecule has 0 unspecified atom stereocenters. The summed E-state index contributed by atoms with van der Waals surface area (Å²) in [5.74, 6) is 2.06. The number of hydrogen-bond donors (Lipinski definition) is 3. The SMILES string of the molecule is CCOc1ccc(Oc2ccc(NC(=O)CSc3nc(N)nc(N)n3)cc2)cc1. The first-order valence-corrected chi connectivity index (χ1v) is 9.71. The first-order valence-electron chi connectivity index (χ1n) is 8.72. The van der Waals surface area contributed by atoms with E-state index in [0.717, 1.165) is 17.5 Å². The van der Waals surface area contributed by atoms with Crippen molar-refractivity contribution in [3.05, 3.63) is 48.5 Å². The number of rotatable bonds is 8. The van der Waals surface area contributed by atoms with Crippen molar-refractivity contribution in [1.82, 2.24) is 15.0 Å². The maximum atomic E-state index is 12.1. The Hall–Kier alpha value is -3.53. The molecule has 0 atom stereocenters. The normalized spacial score (nSPS) is 10.4. The summed E-state index contributed by atoms with van der Waals surface area (Å²) in [4.78, 5) is 23.6. The summed E-state index contributed by atoms with van der Waals surface area (Å²) in [6, 6.07) is 14.4. The number of thioether (sulfide) groups is 1. The Balaban J connectivity index is 1.51. The van der Waals surface area contributed by atoms with E-state index in [9.17, 15) is 4.79 Å². The van der Waals surface area contributed by atoms with Crippen molar-refractivity contribution < 1.29 is 14.3 Å². The molecule has 0 saturated carbocycles. The number of nitrogens with zero attached hydrogens (tertiary/aromatic N) is 3. The summed E-state index contributed by atoms with van der Waals surface area (Å²) in [5.41, 5.74) is 11.7. The zero-order chi connectivity index (χ0) is 20.6. The molecule has 150 valence electrons. The molecule has 5 N–H and O–H groups in total. The summed E-state index contributed by atoms with van der Waals surface area (Å²) < 4.78 is 11.2.